The molecule has 1 aliphatic rings. The van der Waals surface area contributed by atoms with E-state index in [0.717, 1.165) is 13.1 Å². The molecule has 19 heavy (non-hydrogen) atoms. The summed E-state index contributed by atoms with van der Waals surface area (Å²) in [5, 5.41) is 3.68. The first kappa shape index (κ1) is 14.4. The fourth-order valence-electron chi connectivity index (χ4n) is 3.08. The zero-order valence-corrected chi connectivity index (χ0v) is 13.2. The molecule has 106 valence electrons. The number of benzene rings is 1. The van der Waals surface area contributed by atoms with Crippen molar-refractivity contribution in [2.24, 2.45) is 5.92 Å². The lowest BCUT2D eigenvalue weighted by Crippen LogP contribution is -2.63. The van der Waals surface area contributed by atoms with E-state index < -0.39 is 0 Å². The fourth-order valence-corrected chi connectivity index (χ4v) is 3.08. The average molecular weight is 260 g/mol. The molecule has 1 aromatic rings. The van der Waals surface area contributed by atoms with Crippen LogP contribution in [-0.2, 0) is 0 Å². The lowest BCUT2D eigenvalue weighted by atomic mass is 9.92. The standard InChI is InChI=1S/C17H28N2/c1-12(2)16-10-18-17(5,6)11-19(16)15-8-13(3)7-14(4)9-15/h7-9,12,16,18H,10-11H2,1-6H3. The molecule has 1 N–H and O–H groups in total. The molecule has 1 fully saturated rings. The van der Waals surface area contributed by atoms with E-state index in [1.165, 1.54) is 16.8 Å². The highest BCUT2D eigenvalue weighted by Gasteiger charge is 2.34. The Bertz CT molecular complexity index is 428. The lowest BCUT2D eigenvalue weighted by molar-refractivity contribution is 0.277. The fraction of sp³-hybridized carbons (Fsp3) is 0.647. The number of nitrogens with zero attached hydrogens (tertiary/aromatic N) is 1. The minimum Gasteiger partial charge on any atom is -0.365 e. The Kier molecular flexibility index (Phi) is 3.91. The van der Waals surface area contributed by atoms with Gasteiger partial charge in [-0.25, -0.2) is 0 Å². The smallest absolute Gasteiger partial charge is 0.0438 e. The van der Waals surface area contributed by atoms with E-state index in [9.17, 15) is 0 Å². The predicted octanol–water partition coefficient (Wildman–Crippen LogP) is 3.52. The third-order valence-electron chi connectivity index (χ3n) is 4.06. The van der Waals surface area contributed by atoms with Crippen LogP contribution in [0.1, 0.15) is 38.8 Å². The molecule has 1 saturated heterocycles. The van der Waals surface area contributed by atoms with E-state index >= 15 is 0 Å². The summed E-state index contributed by atoms with van der Waals surface area (Å²) in [5.74, 6) is 0.657. The number of hydrogen-bond donors (Lipinski definition) is 1. The summed E-state index contributed by atoms with van der Waals surface area (Å²) in [4.78, 5) is 2.60. The molecule has 2 heteroatoms. The van der Waals surface area contributed by atoms with Crippen LogP contribution in [0.4, 0.5) is 5.69 Å². The van der Waals surface area contributed by atoms with Crippen molar-refractivity contribution >= 4 is 5.69 Å². The van der Waals surface area contributed by atoms with Crippen LogP contribution in [-0.4, -0.2) is 24.7 Å². The van der Waals surface area contributed by atoms with Crippen LogP contribution in [0.5, 0.6) is 0 Å². The number of anilines is 1. The van der Waals surface area contributed by atoms with Gasteiger partial charge in [0, 0.05) is 30.4 Å². The molecule has 0 bridgehead atoms. The number of piperazine rings is 1. The topological polar surface area (TPSA) is 15.3 Å². The van der Waals surface area contributed by atoms with E-state index in [4.69, 9.17) is 0 Å². The third kappa shape index (κ3) is 3.30. The van der Waals surface area contributed by atoms with E-state index in [1.807, 2.05) is 0 Å². The summed E-state index contributed by atoms with van der Waals surface area (Å²) in [6.07, 6.45) is 0. The zero-order valence-electron chi connectivity index (χ0n) is 13.2. The molecule has 0 radical (unpaired) electrons. The maximum Gasteiger partial charge on any atom is 0.0438 e. The number of aryl methyl sites for hydroxylation is 2. The Balaban J connectivity index is 2.36. The highest BCUT2D eigenvalue weighted by Crippen LogP contribution is 2.28. The van der Waals surface area contributed by atoms with Gasteiger partial charge < -0.3 is 10.2 Å². The zero-order chi connectivity index (χ0) is 14.2. The summed E-state index contributed by atoms with van der Waals surface area (Å²) in [7, 11) is 0. The third-order valence-corrected chi connectivity index (χ3v) is 4.06. The Morgan fingerprint density at radius 2 is 1.74 bits per heavy atom. The van der Waals surface area contributed by atoms with Gasteiger partial charge in [0.1, 0.15) is 0 Å². The molecule has 1 unspecified atom stereocenters. The molecule has 0 amide bonds. The van der Waals surface area contributed by atoms with Gasteiger partial charge in [-0.2, -0.15) is 0 Å². The van der Waals surface area contributed by atoms with Crippen molar-refractivity contribution in [3.05, 3.63) is 29.3 Å². The van der Waals surface area contributed by atoms with Crippen LogP contribution in [0, 0.1) is 19.8 Å². The summed E-state index contributed by atoms with van der Waals surface area (Å²) in [6, 6.07) is 7.48. The van der Waals surface area contributed by atoms with Crippen molar-refractivity contribution in [2.75, 3.05) is 18.0 Å². The van der Waals surface area contributed by atoms with Gasteiger partial charge >= 0.3 is 0 Å². The molecule has 1 heterocycles. The quantitative estimate of drug-likeness (QED) is 0.875. The number of hydrogen-bond acceptors (Lipinski definition) is 2. The maximum atomic E-state index is 3.68. The molecular formula is C17H28N2. The molecule has 2 nitrogen and oxygen atoms in total. The molecular weight excluding hydrogens is 232 g/mol. The molecule has 1 atom stereocenters. The Hall–Kier alpha value is -1.02. The monoisotopic (exact) mass is 260 g/mol. The molecule has 0 spiro atoms. The summed E-state index contributed by atoms with van der Waals surface area (Å²) in [5.41, 5.74) is 4.27. The lowest BCUT2D eigenvalue weighted by Gasteiger charge is -2.47. The second-order valence-corrected chi connectivity index (χ2v) is 7.05. The largest absolute Gasteiger partial charge is 0.365 e. The van der Waals surface area contributed by atoms with Crippen LogP contribution >= 0.6 is 0 Å². The highest BCUT2D eigenvalue weighted by atomic mass is 15.3. The van der Waals surface area contributed by atoms with Crippen molar-refractivity contribution in [3.8, 4) is 0 Å². The van der Waals surface area contributed by atoms with Gasteiger partial charge in [-0.15, -0.1) is 0 Å². The van der Waals surface area contributed by atoms with Gasteiger partial charge in [-0.3, -0.25) is 0 Å². The minimum atomic E-state index is 0.184. The average Bonchev–Trinajstić information content (AvgIpc) is 2.25. The number of rotatable bonds is 2. The first-order chi connectivity index (χ1) is 8.78. The molecule has 0 aliphatic carbocycles. The molecule has 1 aliphatic heterocycles. The Morgan fingerprint density at radius 3 is 2.26 bits per heavy atom. The van der Waals surface area contributed by atoms with E-state index in [1.54, 1.807) is 0 Å². The Morgan fingerprint density at radius 1 is 1.16 bits per heavy atom. The minimum absolute atomic E-state index is 0.184. The van der Waals surface area contributed by atoms with Crippen LogP contribution in [0.2, 0.25) is 0 Å². The van der Waals surface area contributed by atoms with E-state index in [0.29, 0.717) is 12.0 Å². The van der Waals surface area contributed by atoms with Gasteiger partial charge in [0.2, 0.25) is 0 Å². The Labute approximate surface area is 118 Å². The van der Waals surface area contributed by atoms with Crippen LogP contribution in [0.15, 0.2) is 18.2 Å². The normalized spacial score (nSPS) is 22.9. The van der Waals surface area contributed by atoms with Gasteiger partial charge in [0.25, 0.3) is 0 Å². The van der Waals surface area contributed by atoms with Crippen molar-refractivity contribution in [1.82, 2.24) is 5.32 Å². The summed E-state index contributed by atoms with van der Waals surface area (Å²) in [6.45, 7) is 15.7. The SMILES string of the molecule is Cc1cc(C)cc(N2CC(C)(C)NCC2C(C)C)c1. The predicted molar refractivity (Wildman–Crippen MR) is 84.0 cm³/mol. The first-order valence-electron chi connectivity index (χ1n) is 7.38. The molecule has 1 aromatic carbocycles. The van der Waals surface area contributed by atoms with Crippen molar-refractivity contribution in [3.63, 3.8) is 0 Å². The van der Waals surface area contributed by atoms with Gasteiger partial charge in [0.15, 0.2) is 0 Å². The van der Waals surface area contributed by atoms with E-state index in [-0.39, 0.29) is 5.54 Å². The molecule has 0 saturated carbocycles. The molecule has 2 rings (SSSR count). The van der Waals surface area contributed by atoms with Crippen LogP contribution < -0.4 is 10.2 Å². The van der Waals surface area contributed by atoms with Crippen LogP contribution in [0.3, 0.4) is 0 Å². The second-order valence-electron chi connectivity index (χ2n) is 7.05. The highest BCUT2D eigenvalue weighted by molar-refractivity contribution is 5.53. The number of nitrogens with one attached hydrogen (secondary N) is 1. The molecule has 0 aromatic heterocycles. The van der Waals surface area contributed by atoms with E-state index in [2.05, 4.69) is 70.0 Å². The second kappa shape index (κ2) is 5.16. The van der Waals surface area contributed by atoms with Gasteiger partial charge in [0.05, 0.1) is 0 Å². The van der Waals surface area contributed by atoms with Crippen LogP contribution in [0.25, 0.3) is 0 Å². The summed E-state index contributed by atoms with van der Waals surface area (Å²) < 4.78 is 0. The van der Waals surface area contributed by atoms with Crippen molar-refractivity contribution in [2.45, 2.75) is 53.1 Å². The van der Waals surface area contributed by atoms with Gasteiger partial charge in [-0.05, 0) is 56.9 Å². The first-order valence-corrected chi connectivity index (χ1v) is 7.38. The maximum absolute atomic E-state index is 3.68. The van der Waals surface area contributed by atoms with Crippen molar-refractivity contribution < 1.29 is 0 Å². The summed E-state index contributed by atoms with van der Waals surface area (Å²) >= 11 is 0. The van der Waals surface area contributed by atoms with Gasteiger partial charge in [-0.1, -0.05) is 19.9 Å². The van der Waals surface area contributed by atoms with Crippen molar-refractivity contribution in [1.29, 1.82) is 0 Å².